The van der Waals surface area contributed by atoms with Crippen LogP contribution >= 0.6 is 0 Å². The lowest BCUT2D eigenvalue weighted by Gasteiger charge is -2.18. The Morgan fingerprint density at radius 3 is 2.17 bits per heavy atom. The van der Waals surface area contributed by atoms with Gasteiger partial charge in [-0.1, -0.05) is 6.07 Å². The molecule has 3 N–H and O–H groups in total. The Morgan fingerprint density at radius 2 is 1.65 bits per heavy atom. The number of alkyl halides is 6. The molecule has 0 saturated carbocycles. The molecule has 0 aromatic carbocycles. The second-order valence-electron chi connectivity index (χ2n) is 7.97. The topological polar surface area (TPSA) is 151 Å². The van der Waals surface area contributed by atoms with Gasteiger partial charge in [0.05, 0.1) is 31.6 Å². The molecule has 0 unspecified atom stereocenters. The van der Waals surface area contributed by atoms with E-state index < -0.39 is 24.3 Å². The zero-order valence-corrected chi connectivity index (χ0v) is 20.4. The van der Waals surface area contributed by atoms with E-state index >= 15 is 0 Å². The highest BCUT2D eigenvalue weighted by Crippen LogP contribution is 2.15. The second kappa shape index (κ2) is 14.1. The van der Waals surface area contributed by atoms with Crippen LogP contribution in [0, 0.1) is 0 Å². The normalized spacial score (nSPS) is 13.4. The number of carboxylic acids is 2. The molecule has 0 radical (unpaired) electrons. The molecule has 3 aromatic heterocycles. The molecule has 17 heteroatoms. The van der Waals surface area contributed by atoms with E-state index in [1.54, 1.807) is 23.1 Å². The Balaban J connectivity index is 0.000000333. The molecule has 1 aliphatic heterocycles. The number of furan rings is 1. The van der Waals surface area contributed by atoms with E-state index in [9.17, 15) is 31.1 Å². The van der Waals surface area contributed by atoms with Crippen molar-refractivity contribution in [2.45, 2.75) is 45.0 Å². The largest absolute Gasteiger partial charge is 0.490 e. The smallest absolute Gasteiger partial charge is 0.475 e. The second-order valence-corrected chi connectivity index (χ2v) is 7.97. The van der Waals surface area contributed by atoms with E-state index in [0.717, 1.165) is 42.6 Å². The number of fused-ring (bicyclic) bond motifs is 1. The number of pyridine rings is 1. The van der Waals surface area contributed by atoms with Gasteiger partial charge in [-0.05, 0) is 30.7 Å². The van der Waals surface area contributed by atoms with Gasteiger partial charge < -0.3 is 19.9 Å². The average Bonchev–Trinajstić information content (AvgIpc) is 3.28. The summed E-state index contributed by atoms with van der Waals surface area (Å²) in [7, 11) is 0. The van der Waals surface area contributed by atoms with Crippen LogP contribution < -0.4 is 10.9 Å². The van der Waals surface area contributed by atoms with Crippen molar-refractivity contribution in [3.05, 3.63) is 76.5 Å². The molecule has 4 rings (SSSR count). The van der Waals surface area contributed by atoms with Crippen molar-refractivity contribution in [2.75, 3.05) is 11.9 Å². The van der Waals surface area contributed by atoms with Crippen LogP contribution in [0.4, 0.5) is 32.2 Å². The van der Waals surface area contributed by atoms with Crippen LogP contribution in [0.15, 0.2) is 58.1 Å². The molecule has 11 nitrogen and oxygen atoms in total. The maximum absolute atomic E-state index is 12.5. The van der Waals surface area contributed by atoms with Crippen LogP contribution in [-0.4, -0.2) is 60.5 Å². The molecule has 0 spiro atoms. The molecule has 0 atom stereocenters. The van der Waals surface area contributed by atoms with Crippen LogP contribution in [-0.2, 0) is 35.8 Å². The molecule has 1 aliphatic rings. The lowest BCUT2D eigenvalue weighted by molar-refractivity contribution is -0.193. The zero-order valence-electron chi connectivity index (χ0n) is 20.4. The van der Waals surface area contributed by atoms with Crippen molar-refractivity contribution < 1.29 is 50.6 Å². The standard InChI is InChI=1S/C19H21N5O2.2C2HF3O2/c25-19-11-15(12-21-17-6-1-2-7-20-17)22-18-14-23(8-4-9-24(18)19)13-16-5-3-10-26-16;2*3-2(4,5)1(6)7/h1-3,5-7,10-11H,4,8-9,12-14H2,(H,20,21);2*(H,6,7). The Bertz CT molecular complexity index is 1270. The summed E-state index contributed by atoms with van der Waals surface area (Å²) in [4.78, 5) is 41.5. The van der Waals surface area contributed by atoms with Gasteiger partial charge in [-0.25, -0.2) is 19.6 Å². The van der Waals surface area contributed by atoms with Gasteiger partial charge in [0.1, 0.15) is 17.4 Å². The van der Waals surface area contributed by atoms with Crippen LogP contribution in [0.3, 0.4) is 0 Å². The fourth-order valence-electron chi connectivity index (χ4n) is 3.19. The number of nitrogens with zero attached hydrogens (tertiary/aromatic N) is 4. The number of carboxylic acid groups (broad SMARTS) is 2. The van der Waals surface area contributed by atoms with Crippen molar-refractivity contribution in [3.8, 4) is 0 Å². The van der Waals surface area contributed by atoms with Gasteiger partial charge in [0, 0.05) is 25.4 Å². The van der Waals surface area contributed by atoms with Crippen LogP contribution in [0.5, 0.6) is 0 Å². The number of hydrogen-bond acceptors (Lipinski definition) is 8. The number of anilines is 1. The van der Waals surface area contributed by atoms with Gasteiger partial charge in [-0.3, -0.25) is 14.3 Å². The summed E-state index contributed by atoms with van der Waals surface area (Å²) in [6.07, 6.45) is -5.83. The average molecular weight is 579 g/mol. The Hall–Kier alpha value is -4.41. The summed E-state index contributed by atoms with van der Waals surface area (Å²) in [5, 5.41) is 17.5. The number of hydrogen-bond donors (Lipinski definition) is 3. The minimum atomic E-state index is -5.08. The molecule has 0 amide bonds. The number of rotatable bonds is 5. The summed E-state index contributed by atoms with van der Waals surface area (Å²) in [6, 6.07) is 11.2. The quantitative estimate of drug-likeness (QED) is 0.383. The van der Waals surface area contributed by atoms with Gasteiger partial charge in [-0.15, -0.1) is 0 Å². The first kappa shape index (κ1) is 31.8. The Morgan fingerprint density at radius 1 is 1.00 bits per heavy atom. The predicted octanol–water partition coefficient (Wildman–Crippen LogP) is 3.52. The van der Waals surface area contributed by atoms with Crippen molar-refractivity contribution in [3.63, 3.8) is 0 Å². The van der Waals surface area contributed by atoms with Crippen molar-refractivity contribution in [1.82, 2.24) is 19.4 Å². The van der Waals surface area contributed by atoms with Gasteiger partial charge in [0.25, 0.3) is 5.56 Å². The minimum Gasteiger partial charge on any atom is -0.475 e. The number of aliphatic carboxylic acids is 2. The molecule has 0 aliphatic carbocycles. The summed E-state index contributed by atoms with van der Waals surface area (Å²) < 4.78 is 70.7. The van der Waals surface area contributed by atoms with Gasteiger partial charge in [-0.2, -0.15) is 26.3 Å². The third-order valence-corrected chi connectivity index (χ3v) is 4.92. The van der Waals surface area contributed by atoms with E-state index in [0.29, 0.717) is 19.6 Å². The number of halogens is 6. The van der Waals surface area contributed by atoms with Crippen molar-refractivity contribution in [2.24, 2.45) is 0 Å². The SMILES string of the molecule is O=C(O)C(F)(F)F.O=C(O)C(F)(F)F.O=c1cc(CNc2ccccn2)nc2n1CCCN(Cc1ccco1)C2. The molecule has 3 aromatic rings. The summed E-state index contributed by atoms with van der Waals surface area (Å²) in [5.74, 6) is -3.02. The molecular weight excluding hydrogens is 556 g/mol. The molecule has 0 bridgehead atoms. The number of nitrogens with one attached hydrogen (secondary N) is 1. The molecule has 4 heterocycles. The summed E-state index contributed by atoms with van der Waals surface area (Å²) in [5.41, 5.74) is 0.736. The van der Waals surface area contributed by atoms with Crippen molar-refractivity contribution in [1.29, 1.82) is 0 Å². The van der Waals surface area contributed by atoms with E-state index in [4.69, 9.17) is 29.2 Å². The van der Waals surface area contributed by atoms with Crippen LogP contribution in [0.2, 0.25) is 0 Å². The first-order chi connectivity index (χ1) is 18.7. The third kappa shape index (κ3) is 10.8. The van der Waals surface area contributed by atoms with Gasteiger partial charge >= 0.3 is 24.3 Å². The Kier molecular flexibility index (Phi) is 11.2. The monoisotopic (exact) mass is 579 g/mol. The summed E-state index contributed by atoms with van der Waals surface area (Å²) >= 11 is 0. The fraction of sp³-hybridized carbons (Fsp3) is 0.348. The molecular formula is C23H23F6N5O6. The van der Waals surface area contributed by atoms with Crippen LogP contribution in [0.1, 0.15) is 23.7 Å². The molecule has 0 saturated heterocycles. The molecule has 218 valence electrons. The molecule has 40 heavy (non-hydrogen) atoms. The summed E-state index contributed by atoms with van der Waals surface area (Å²) in [6.45, 7) is 3.43. The lowest BCUT2D eigenvalue weighted by atomic mass is 10.3. The highest BCUT2D eigenvalue weighted by Gasteiger charge is 2.38. The minimum absolute atomic E-state index is 0.00710. The highest BCUT2D eigenvalue weighted by molar-refractivity contribution is 5.73. The number of carbonyl (C=O) groups is 2. The molecule has 0 fully saturated rings. The lowest BCUT2D eigenvalue weighted by Crippen LogP contribution is -2.27. The first-order valence-electron chi connectivity index (χ1n) is 11.3. The fourth-order valence-corrected chi connectivity index (χ4v) is 3.19. The first-order valence-corrected chi connectivity index (χ1v) is 11.3. The van der Waals surface area contributed by atoms with Gasteiger partial charge in [0.2, 0.25) is 0 Å². The number of aromatic nitrogens is 3. The van der Waals surface area contributed by atoms with E-state index in [1.165, 1.54) is 0 Å². The maximum atomic E-state index is 12.5. The maximum Gasteiger partial charge on any atom is 0.490 e. The third-order valence-electron chi connectivity index (χ3n) is 4.92. The van der Waals surface area contributed by atoms with E-state index in [-0.39, 0.29) is 5.56 Å². The highest BCUT2D eigenvalue weighted by atomic mass is 19.4. The Labute approximate surface area is 221 Å². The zero-order chi connectivity index (χ0) is 29.9. The van der Waals surface area contributed by atoms with E-state index in [2.05, 4.69) is 15.2 Å². The van der Waals surface area contributed by atoms with Crippen molar-refractivity contribution >= 4 is 17.8 Å². The van der Waals surface area contributed by atoms with Crippen LogP contribution in [0.25, 0.3) is 0 Å². The van der Waals surface area contributed by atoms with Gasteiger partial charge in [0.15, 0.2) is 0 Å². The predicted molar refractivity (Wildman–Crippen MR) is 125 cm³/mol. The van der Waals surface area contributed by atoms with E-state index in [1.807, 2.05) is 30.3 Å².